The van der Waals surface area contributed by atoms with Crippen molar-refractivity contribution >= 4 is 17.8 Å². The van der Waals surface area contributed by atoms with Gasteiger partial charge in [0.05, 0.1) is 12.6 Å². The van der Waals surface area contributed by atoms with Gasteiger partial charge < -0.3 is 26.6 Å². The van der Waals surface area contributed by atoms with Gasteiger partial charge in [0, 0.05) is 27.2 Å². The first kappa shape index (κ1) is 18.2. The molecule has 0 aromatic carbocycles. The lowest BCUT2D eigenvalue weighted by Crippen LogP contribution is -2.48. The lowest BCUT2D eigenvalue weighted by Gasteiger charge is -2.15. The van der Waals surface area contributed by atoms with Crippen LogP contribution in [0.2, 0.25) is 0 Å². The molecule has 0 fully saturated rings. The second kappa shape index (κ2) is 9.13. The van der Waals surface area contributed by atoms with E-state index in [-0.39, 0.29) is 30.3 Å². The summed E-state index contributed by atoms with van der Waals surface area (Å²) in [6.07, 6.45) is 0. The molecule has 0 unspecified atom stereocenters. The predicted octanol–water partition coefficient (Wildman–Crippen LogP) is -1.53. The van der Waals surface area contributed by atoms with Crippen LogP contribution in [0, 0.1) is 5.92 Å². The van der Waals surface area contributed by atoms with E-state index in [0.717, 1.165) is 0 Å². The second-order valence-corrected chi connectivity index (χ2v) is 4.96. The fourth-order valence-corrected chi connectivity index (χ4v) is 1.18. The zero-order chi connectivity index (χ0) is 15.7. The van der Waals surface area contributed by atoms with Gasteiger partial charge in [-0.2, -0.15) is 0 Å². The van der Waals surface area contributed by atoms with Gasteiger partial charge in [0.25, 0.3) is 0 Å². The Kier molecular flexibility index (Phi) is 8.30. The molecule has 0 aromatic rings. The highest BCUT2D eigenvalue weighted by Gasteiger charge is 2.17. The lowest BCUT2D eigenvalue weighted by atomic mass is 10.1. The summed E-state index contributed by atoms with van der Waals surface area (Å²) in [5, 5.41) is 7.63. The van der Waals surface area contributed by atoms with Crippen molar-refractivity contribution in [1.82, 2.24) is 20.9 Å². The third kappa shape index (κ3) is 7.57. The normalized spacial score (nSPS) is 11.7. The Morgan fingerprint density at radius 3 is 2.10 bits per heavy atom. The summed E-state index contributed by atoms with van der Waals surface area (Å²) < 4.78 is 0. The molecule has 0 aliphatic rings. The van der Waals surface area contributed by atoms with E-state index < -0.39 is 6.04 Å². The highest BCUT2D eigenvalue weighted by Crippen LogP contribution is 1.97. The van der Waals surface area contributed by atoms with Crippen LogP contribution in [0.4, 0.5) is 4.79 Å². The number of urea groups is 1. The minimum Gasteiger partial charge on any atom is -0.353 e. The standard InChI is InChI=1S/C12H25N5O3/c1-8(2)10(13)11(19)16-7-9(18)14-5-6-15-12(20)17(3)4/h8,10H,5-7,13H2,1-4H3,(H,14,18)(H,15,20)(H,16,19)/t10-/m0/s1. The van der Waals surface area contributed by atoms with Gasteiger partial charge in [-0.15, -0.1) is 0 Å². The predicted molar refractivity (Wildman–Crippen MR) is 75.9 cm³/mol. The average Bonchev–Trinajstić information content (AvgIpc) is 2.39. The number of carbonyl (C=O) groups excluding carboxylic acids is 3. The van der Waals surface area contributed by atoms with Crippen molar-refractivity contribution in [3.05, 3.63) is 0 Å². The number of amides is 4. The first-order valence-corrected chi connectivity index (χ1v) is 6.50. The Bertz CT molecular complexity index is 344. The molecule has 0 aliphatic heterocycles. The maximum absolute atomic E-state index is 11.5. The molecule has 0 spiro atoms. The molecular weight excluding hydrogens is 262 g/mol. The van der Waals surface area contributed by atoms with Gasteiger partial charge in [-0.3, -0.25) is 9.59 Å². The van der Waals surface area contributed by atoms with Crippen LogP contribution in [-0.4, -0.2) is 62.5 Å². The summed E-state index contributed by atoms with van der Waals surface area (Å²) in [5.74, 6) is -0.663. The van der Waals surface area contributed by atoms with Gasteiger partial charge in [0.15, 0.2) is 0 Å². The van der Waals surface area contributed by atoms with E-state index in [9.17, 15) is 14.4 Å². The molecule has 0 saturated heterocycles. The highest BCUT2D eigenvalue weighted by atomic mass is 16.2. The van der Waals surface area contributed by atoms with Gasteiger partial charge in [0.1, 0.15) is 0 Å². The topological polar surface area (TPSA) is 117 Å². The minimum absolute atomic E-state index is 0.0132. The summed E-state index contributed by atoms with van der Waals surface area (Å²) in [5.41, 5.74) is 5.63. The molecular formula is C12H25N5O3. The van der Waals surface area contributed by atoms with Gasteiger partial charge in [-0.25, -0.2) is 4.79 Å². The number of carbonyl (C=O) groups is 3. The van der Waals surface area contributed by atoms with Crippen molar-refractivity contribution in [2.45, 2.75) is 19.9 Å². The average molecular weight is 287 g/mol. The van der Waals surface area contributed by atoms with Crippen molar-refractivity contribution in [2.24, 2.45) is 11.7 Å². The summed E-state index contributed by atoms with van der Waals surface area (Å²) in [4.78, 5) is 35.5. The fourth-order valence-electron chi connectivity index (χ4n) is 1.18. The Hall–Kier alpha value is -1.83. The molecule has 20 heavy (non-hydrogen) atoms. The molecule has 0 rings (SSSR count). The third-order valence-corrected chi connectivity index (χ3v) is 2.57. The van der Waals surface area contributed by atoms with E-state index >= 15 is 0 Å². The Morgan fingerprint density at radius 1 is 1.05 bits per heavy atom. The first-order chi connectivity index (χ1) is 9.25. The number of hydrogen-bond donors (Lipinski definition) is 4. The number of nitrogens with one attached hydrogen (secondary N) is 3. The van der Waals surface area contributed by atoms with Crippen LogP contribution < -0.4 is 21.7 Å². The van der Waals surface area contributed by atoms with Crippen molar-refractivity contribution in [3.8, 4) is 0 Å². The van der Waals surface area contributed by atoms with Crippen LogP contribution in [0.15, 0.2) is 0 Å². The van der Waals surface area contributed by atoms with Crippen LogP contribution in [0.5, 0.6) is 0 Å². The van der Waals surface area contributed by atoms with Crippen molar-refractivity contribution in [2.75, 3.05) is 33.7 Å². The monoisotopic (exact) mass is 287 g/mol. The van der Waals surface area contributed by atoms with Gasteiger partial charge in [0.2, 0.25) is 11.8 Å². The fraction of sp³-hybridized carbons (Fsp3) is 0.750. The van der Waals surface area contributed by atoms with Gasteiger partial charge in [-0.05, 0) is 5.92 Å². The molecule has 8 nitrogen and oxygen atoms in total. The van der Waals surface area contributed by atoms with Crippen LogP contribution >= 0.6 is 0 Å². The van der Waals surface area contributed by atoms with Gasteiger partial charge in [-0.1, -0.05) is 13.8 Å². The van der Waals surface area contributed by atoms with Crippen LogP contribution in [0.3, 0.4) is 0 Å². The summed E-state index contributed by atoms with van der Waals surface area (Å²) >= 11 is 0. The second-order valence-electron chi connectivity index (χ2n) is 4.96. The van der Waals surface area contributed by atoms with Crippen LogP contribution in [-0.2, 0) is 9.59 Å². The van der Waals surface area contributed by atoms with Crippen molar-refractivity contribution in [1.29, 1.82) is 0 Å². The molecule has 4 amide bonds. The molecule has 116 valence electrons. The largest absolute Gasteiger partial charge is 0.353 e. The smallest absolute Gasteiger partial charge is 0.316 e. The summed E-state index contributed by atoms with van der Waals surface area (Å²) in [6.45, 7) is 4.16. The van der Waals surface area contributed by atoms with Crippen LogP contribution in [0.1, 0.15) is 13.8 Å². The minimum atomic E-state index is -0.623. The molecule has 0 heterocycles. The maximum atomic E-state index is 11.5. The maximum Gasteiger partial charge on any atom is 0.316 e. The molecule has 0 saturated carbocycles. The zero-order valence-electron chi connectivity index (χ0n) is 12.5. The van der Waals surface area contributed by atoms with E-state index in [2.05, 4.69) is 16.0 Å². The molecule has 0 radical (unpaired) electrons. The molecule has 5 N–H and O–H groups in total. The molecule has 0 bridgehead atoms. The highest BCUT2D eigenvalue weighted by molar-refractivity contribution is 5.87. The number of nitrogens with two attached hydrogens (primary N) is 1. The quantitative estimate of drug-likeness (QED) is 0.425. The number of hydrogen-bond acceptors (Lipinski definition) is 4. The van der Waals surface area contributed by atoms with E-state index in [4.69, 9.17) is 5.73 Å². The molecule has 8 heteroatoms. The Labute approximate surface area is 119 Å². The van der Waals surface area contributed by atoms with E-state index in [1.165, 1.54) is 4.90 Å². The summed E-state index contributed by atoms with van der Waals surface area (Å²) in [7, 11) is 3.25. The Morgan fingerprint density at radius 2 is 1.60 bits per heavy atom. The molecule has 0 aliphatic carbocycles. The van der Waals surface area contributed by atoms with E-state index in [0.29, 0.717) is 13.1 Å². The van der Waals surface area contributed by atoms with Crippen molar-refractivity contribution < 1.29 is 14.4 Å². The Balaban J connectivity index is 3.75. The third-order valence-electron chi connectivity index (χ3n) is 2.57. The zero-order valence-corrected chi connectivity index (χ0v) is 12.5. The number of nitrogens with zero attached hydrogens (tertiary/aromatic N) is 1. The SMILES string of the molecule is CC(C)[C@H](N)C(=O)NCC(=O)NCCNC(=O)N(C)C. The summed E-state index contributed by atoms with van der Waals surface area (Å²) in [6, 6.07) is -0.849. The van der Waals surface area contributed by atoms with E-state index in [1.807, 2.05) is 13.8 Å². The first-order valence-electron chi connectivity index (χ1n) is 6.50. The van der Waals surface area contributed by atoms with Gasteiger partial charge >= 0.3 is 6.03 Å². The molecule has 0 aromatic heterocycles. The lowest BCUT2D eigenvalue weighted by molar-refractivity contribution is -0.127. The molecule has 1 atom stereocenters. The van der Waals surface area contributed by atoms with Crippen molar-refractivity contribution in [3.63, 3.8) is 0 Å². The van der Waals surface area contributed by atoms with Crippen LogP contribution in [0.25, 0.3) is 0 Å². The number of rotatable bonds is 7. The van der Waals surface area contributed by atoms with E-state index in [1.54, 1.807) is 14.1 Å².